The first-order valence-corrected chi connectivity index (χ1v) is 12.1. The Morgan fingerprint density at radius 1 is 1.08 bits per heavy atom. The zero-order valence-corrected chi connectivity index (χ0v) is 21.0. The Morgan fingerprint density at radius 2 is 1.81 bits per heavy atom. The maximum atomic E-state index is 15.6. The lowest BCUT2D eigenvalue weighted by Gasteiger charge is -2.26. The number of amides is 1. The number of rotatable bonds is 7. The van der Waals surface area contributed by atoms with Crippen LogP contribution in [0.25, 0.3) is 17.1 Å². The Labute approximate surface area is 209 Å². The summed E-state index contributed by atoms with van der Waals surface area (Å²) < 4.78 is 22.3. The molecule has 1 aromatic heterocycles. The largest absolute Gasteiger partial charge is 0.508 e. The molecule has 10 heteroatoms. The molecular weight excluding hydrogens is 465 g/mol. The molecule has 0 bridgehead atoms. The number of halogens is 1. The summed E-state index contributed by atoms with van der Waals surface area (Å²) in [7, 11) is 0. The van der Waals surface area contributed by atoms with Crippen molar-refractivity contribution in [3.8, 4) is 28.6 Å². The minimum absolute atomic E-state index is 0.0550. The number of carbonyl (C=O) groups is 1. The average molecular weight is 498 g/mol. The Balaban J connectivity index is 1.82. The molecule has 0 unspecified atom stereocenters. The lowest BCUT2D eigenvalue weighted by Crippen LogP contribution is -2.35. The molecule has 3 aromatic rings. The van der Waals surface area contributed by atoms with Gasteiger partial charge in [-0.2, -0.15) is 0 Å². The molecule has 2 heterocycles. The molecule has 3 N–H and O–H groups in total. The second-order valence-corrected chi connectivity index (χ2v) is 9.57. The van der Waals surface area contributed by atoms with Gasteiger partial charge in [0.15, 0.2) is 5.82 Å². The molecule has 9 nitrogen and oxygen atoms in total. The lowest BCUT2D eigenvalue weighted by atomic mass is 9.98. The molecule has 1 aliphatic rings. The summed E-state index contributed by atoms with van der Waals surface area (Å²) in [4.78, 5) is 15.2. The van der Waals surface area contributed by atoms with Crippen molar-refractivity contribution in [3.63, 3.8) is 0 Å². The van der Waals surface area contributed by atoms with E-state index in [1.54, 1.807) is 32.0 Å². The number of phenolic OH excluding ortho intramolecular Hbond substituents is 2. The van der Waals surface area contributed by atoms with Crippen LogP contribution in [0.2, 0.25) is 0 Å². The number of aromatic hydroxyl groups is 2. The van der Waals surface area contributed by atoms with E-state index < -0.39 is 11.7 Å². The van der Waals surface area contributed by atoms with Crippen molar-refractivity contribution in [3.05, 3.63) is 53.1 Å². The number of hydrogen-bond acceptors (Lipinski definition) is 7. The Kier molecular flexibility index (Phi) is 7.56. The van der Waals surface area contributed by atoms with Gasteiger partial charge in [0, 0.05) is 31.7 Å². The first kappa shape index (κ1) is 25.6. The average Bonchev–Trinajstić information content (AvgIpc) is 3.24. The van der Waals surface area contributed by atoms with Crippen molar-refractivity contribution in [2.24, 2.45) is 0 Å². The second-order valence-electron chi connectivity index (χ2n) is 9.57. The minimum atomic E-state index is -0.553. The van der Waals surface area contributed by atoms with Gasteiger partial charge in [-0.05, 0) is 49.1 Å². The Bertz CT molecular complexity index is 1250. The van der Waals surface area contributed by atoms with Gasteiger partial charge in [-0.15, -0.1) is 10.2 Å². The first-order valence-electron chi connectivity index (χ1n) is 12.1. The highest BCUT2D eigenvalue weighted by Gasteiger charge is 2.26. The summed E-state index contributed by atoms with van der Waals surface area (Å²) in [6.07, 6.45) is 0. The predicted octanol–water partition coefficient (Wildman–Crippen LogP) is 3.58. The highest BCUT2D eigenvalue weighted by Crippen LogP contribution is 2.38. The van der Waals surface area contributed by atoms with E-state index in [1.807, 2.05) is 13.8 Å². The number of hydrogen-bond donors (Lipinski definition) is 3. The fraction of sp³-hybridized carbons (Fsp3) is 0.423. The SMILES string of the molecule is CC(C)NC(=O)c1nnc(-c2cc(C(C)C)c(O)cc2O)n1-c1ccc(CN2CCOCC2)cc1F. The molecule has 2 aromatic carbocycles. The summed E-state index contributed by atoms with van der Waals surface area (Å²) in [6, 6.07) is 7.46. The number of ether oxygens (including phenoxy) is 1. The van der Waals surface area contributed by atoms with Crippen molar-refractivity contribution in [2.75, 3.05) is 26.3 Å². The molecule has 0 spiro atoms. The van der Waals surface area contributed by atoms with Crippen LogP contribution < -0.4 is 5.32 Å². The summed E-state index contributed by atoms with van der Waals surface area (Å²) in [5.74, 6) is -1.48. The number of aromatic nitrogens is 3. The number of nitrogens with one attached hydrogen (secondary N) is 1. The quantitative estimate of drug-likeness (QED) is 0.457. The molecule has 36 heavy (non-hydrogen) atoms. The van der Waals surface area contributed by atoms with E-state index in [4.69, 9.17) is 4.74 Å². The van der Waals surface area contributed by atoms with Gasteiger partial charge in [0.05, 0.1) is 24.5 Å². The van der Waals surface area contributed by atoms with Gasteiger partial charge in [-0.1, -0.05) is 19.9 Å². The van der Waals surface area contributed by atoms with Crippen LogP contribution in [0.4, 0.5) is 4.39 Å². The molecule has 4 rings (SSSR count). The van der Waals surface area contributed by atoms with Crippen molar-refractivity contribution in [2.45, 2.75) is 46.2 Å². The van der Waals surface area contributed by atoms with Gasteiger partial charge in [-0.25, -0.2) is 4.39 Å². The van der Waals surface area contributed by atoms with Crippen LogP contribution in [0.15, 0.2) is 30.3 Å². The van der Waals surface area contributed by atoms with Crippen LogP contribution in [0.3, 0.4) is 0 Å². The maximum absolute atomic E-state index is 15.6. The summed E-state index contributed by atoms with van der Waals surface area (Å²) >= 11 is 0. The molecule has 0 atom stereocenters. The molecule has 192 valence electrons. The molecule has 0 aliphatic carbocycles. The van der Waals surface area contributed by atoms with Gasteiger partial charge in [-0.3, -0.25) is 14.3 Å². The third-order valence-electron chi connectivity index (χ3n) is 6.06. The van der Waals surface area contributed by atoms with Crippen molar-refractivity contribution >= 4 is 5.91 Å². The van der Waals surface area contributed by atoms with Crippen LogP contribution in [0, 0.1) is 5.82 Å². The predicted molar refractivity (Wildman–Crippen MR) is 133 cm³/mol. The maximum Gasteiger partial charge on any atom is 0.289 e. The van der Waals surface area contributed by atoms with Crippen molar-refractivity contribution < 1.29 is 24.1 Å². The molecular formula is C26H32FN5O4. The Morgan fingerprint density at radius 3 is 2.44 bits per heavy atom. The van der Waals surface area contributed by atoms with Gasteiger partial charge in [0.1, 0.15) is 17.3 Å². The van der Waals surface area contributed by atoms with Gasteiger partial charge < -0.3 is 20.3 Å². The van der Waals surface area contributed by atoms with Gasteiger partial charge in [0.2, 0.25) is 5.82 Å². The highest BCUT2D eigenvalue weighted by molar-refractivity contribution is 5.92. The number of benzene rings is 2. The van der Waals surface area contributed by atoms with Gasteiger partial charge >= 0.3 is 0 Å². The molecule has 0 radical (unpaired) electrons. The normalized spacial score (nSPS) is 14.5. The van der Waals surface area contributed by atoms with Crippen molar-refractivity contribution in [1.29, 1.82) is 0 Å². The summed E-state index contributed by atoms with van der Waals surface area (Å²) in [5.41, 5.74) is 1.67. The fourth-order valence-corrected chi connectivity index (χ4v) is 4.24. The molecule has 0 saturated carbocycles. The lowest BCUT2D eigenvalue weighted by molar-refractivity contribution is 0.0341. The molecule has 1 fully saturated rings. The highest BCUT2D eigenvalue weighted by atomic mass is 19.1. The van der Waals surface area contributed by atoms with Crippen molar-refractivity contribution in [1.82, 2.24) is 25.0 Å². The zero-order valence-electron chi connectivity index (χ0n) is 21.0. The molecule has 1 aliphatic heterocycles. The van der Waals surface area contributed by atoms with Crippen LogP contribution in [0.1, 0.15) is 55.4 Å². The Hall–Kier alpha value is -3.50. The summed E-state index contributed by atoms with van der Waals surface area (Å²) in [5, 5.41) is 31.9. The number of carbonyl (C=O) groups excluding carboxylic acids is 1. The van der Waals surface area contributed by atoms with E-state index >= 15 is 4.39 Å². The first-order chi connectivity index (χ1) is 17.2. The zero-order chi connectivity index (χ0) is 26.0. The smallest absolute Gasteiger partial charge is 0.289 e. The van der Waals surface area contributed by atoms with E-state index in [9.17, 15) is 15.0 Å². The standard InChI is InChI=1S/C26H32FN5O4/c1-15(2)18-12-19(23(34)13-22(18)33)24-29-30-25(26(35)28-16(3)4)32(24)21-6-5-17(11-20(21)27)14-31-7-9-36-10-8-31/h5-6,11-13,15-16,33-34H,7-10,14H2,1-4H3,(H,28,35). The molecule has 1 saturated heterocycles. The van der Waals surface area contributed by atoms with E-state index in [0.717, 1.165) is 18.7 Å². The monoisotopic (exact) mass is 497 g/mol. The van der Waals surface area contributed by atoms with Crippen LogP contribution in [0.5, 0.6) is 11.5 Å². The van der Waals surface area contributed by atoms with Crippen LogP contribution >= 0.6 is 0 Å². The van der Waals surface area contributed by atoms with Crippen LogP contribution in [-0.2, 0) is 11.3 Å². The number of phenols is 2. The van der Waals surface area contributed by atoms with E-state index in [1.165, 1.54) is 16.7 Å². The topological polar surface area (TPSA) is 113 Å². The number of morpholine rings is 1. The second kappa shape index (κ2) is 10.6. The minimum Gasteiger partial charge on any atom is -0.508 e. The van der Waals surface area contributed by atoms with E-state index in [0.29, 0.717) is 25.3 Å². The molecule has 1 amide bonds. The third-order valence-corrected chi connectivity index (χ3v) is 6.06. The van der Waals surface area contributed by atoms with Crippen LogP contribution in [-0.4, -0.2) is 68.1 Å². The third kappa shape index (κ3) is 5.34. The number of nitrogens with zero attached hydrogens (tertiary/aromatic N) is 4. The van der Waals surface area contributed by atoms with Gasteiger partial charge in [0.25, 0.3) is 5.91 Å². The summed E-state index contributed by atoms with van der Waals surface area (Å²) in [6.45, 7) is 10.8. The van der Waals surface area contributed by atoms with E-state index in [2.05, 4.69) is 20.4 Å². The fourth-order valence-electron chi connectivity index (χ4n) is 4.24. The van der Waals surface area contributed by atoms with E-state index in [-0.39, 0.29) is 46.4 Å².